The molecule has 0 spiro atoms. The van der Waals surface area contributed by atoms with Gasteiger partial charge in [0.25, 0.3) is 0 Å². The third-order valence-corrected chi connectivity index (χ3v) is 5.28. The van der Waals surface area contributed by atoms with Gasteiger partial charge >= 0.3 is 0 Å². The van der Waals surface area contributed by atoms with Gasteiger partial charge in [0.15, 0.2) is 0 Å². The maximum absolute atomic E-state index is 4.34. The van der Waals surface area contributed by atoms with Crippen LogP contribution in [0.15, 0.2) is 59.5 Å². The predicted molar refractivity (Wildman–Crippen MR) is 102 cm³/mol. The maximum atomic E-state index is 4.34. The van der Waals surface area contributed by atoms with Crippen LogP contribution in [0.5, 0.6) is 0 Å². The van der Waals surface area contributed by atoms with Gasteiger partial charge in [-0.05, 0) is 55.2 Å². The van der Waals surface area contributed by atoms with E-state index < -0.39 is 0 Å². The van der Waals surface area contributed by atoms with Crippen molar-refractivity contribution in [3.05, 3.63) is 59.5 Å². The second kappa shape index (κ2) is 7.38. The Kier molecular flexibility index (Phi) is 5.73. The fourth-order valence-corrected chi connectivity index (χ4v) is 3.17. The third kappa shape index (κ3) is 4.50. The molecule has 1 aliphatic heterocycles. The average molecular weight is 312 g/mol. The number of hydrogen-bond donors (Lipinski definition) is 0. The van der Waals surface area contributed by atoms with Crippen molar-refractivity contribution in [2.45, 2.75) is 60.3 Å². The molecule has 2 rings (SSSR count). The first-order chi connectivity index (χ1) is 10.8. The van der Waals surface area contributed by atoms with Gasteiger partial charge in [-0.25, -0.2) is 0 Å². The molecule has 0 N–H and O–H groups in total. The Hall–Kier alpha value is -1.50. The van der Waals surface area contributed by atoms with Crippen molar-refractivity contribution in [2.75, 3.05) is 6.54 Å². The van der Waals surface area contributed by atoms with Crippen LogP contribution in [-0.2, 0) is 0 Å². The Morgan fingerprint density at radius 3 is 2.57 bits per heavy atom. The van der Waals surface area contributed by atoms with Crippen LogP contribution >= 0.6 is 0 Å². The number of hydrogen-bond acceptors (Lipinski definition) is 1. The quantitative estimate of drug-likeness (QED) is 0.569. The van der Waals surface area contributed by atoms with Gasteiger partial charge in [0, 0.05) is 24.4 Å². The molecule has 0 aromatic rings. The molecule has 0 radical (unpaired) electrons. The summed E-state index contributed by atoms with van der Waals surface area (Å²) >= 11 is 0. The van der Waals surface area contributed by atoms with Crippen LogP contribution in [0.4, 0.5) is 0 Å². The van der Waals surface area contributed by atoms with Crippen LogP contribution in [0, 0.1) is 11.3 Å². The number of allylic oxidation sites excluding steroid dienone is 8. The van der Waals surface area contributed by atoms with Crippen LogP contribution in [0.3, 0.4) is 0 Å². The van der Waals surface area contributed by atoms with Crippen molar-refractivity contribution in [1.29, 1.82) is 0 Å². The van der Waals surface area contributed by atoms with E-state index >= 15 is 0 Å². The molecule has 1 heteroatoms. The minimum absolute atomic E-state index is 0.268. The van der Waals surface area contributed by atoms with E-state index in [1.165, 1.54) is 29.7 Å². The molecule has 0 aromatic heterocycles. The summed E-state index contributed by atoms with van der Waals surface area (Å²) in [5, 5.41) is 0. The van der Waals surface area contributed by atoms with Crippen molar-refractivity contribution < 1.29 is 0 Å². The Morgan fingerprint density at radius 2 is 2.00 bits per heavy atom. The molecule has 23 heavy (non-hydrogen) atoms. The normalized spacial score (nSPS) is 20.1. The predicted octanol–water partition coefficient (Wildman–Crippen LogP) is 6.38. The van der Waals surface area contributed by atoms with Gasteiger partial charge < -0.3 is 4.90 Å². The maximum Gasteiger partial charge on any atom is 0.0213 e. The molecular weight excluding hydrogens is 278 g/mol. The van der Waals surface area contributed by atoms with Crippen molar-refractivity contribution in [3.8, 4) is 0 Å². The summed E-state index contributed by atoms with van der Waals surface area (Å²) < 4.78 is 0. The summed E-state index contributed by atoms with van der Waals surface area (Å²) in [6, 6.07) is 0. The Balaban J connectivity index is 2.09. The lowest BCUT2D eigenvalue weighted by Crippen LogP contribution is -2.30. The molecule has 0 bridgehead atoms. The lowest BCUT2D eigenvalue weighted by atomic mass is 9.78. The molecule has 1 unspecified atom stereocenters. The van der Waals surface area contributed by atoms with E-state index in [0.29, 0.717) is 5.92 Å². The molecule has 2 aliphatic rings. The van der Waals surface area contributed by atoms with Gasteiger partial charge in [0.05, 0.1) is 0 Å². The Bertz CT molecular complexity index is 563. The van der Waals surface area contributed by atoms with E-state index in [9.17, 15) is 0 Å². The van der Waals surface area contributed by atoms with Crippen LogP contribution < -0.4 is 0 Å². The van der Waals surface area contributed by atoms with Gasteiger partial charge in [-0.1, -0.05) is 58.1 Å². The molecule has 1 nitrogen and oxygen atoms in total. The zero-order valence-electron chi connectivity index (χ0n) is 15.7. The smallest absolute Gasteiger partial charge is 0.0213 e. The molecule has 0 amide bonds. The van der Waals surface area contributed by atoms with Crippen molar-refractivity contribution >= 4 is 0 Å². The van der Waals surface area contributed by atoms with Crippen LogP contribution in [0.2, 0.25) is 0 Å². The second-order valence-corrected chi connectivity index (χ2v) is 7.91. The highest BCUT2D eigenvalue weighted by atomic mass is 15.1. The number of rotatable bonds is 5. The van der Waals surface area contributed by atoms with Crippen LogP contribution in [0.1, 0.15) is 60.3 Å². The summed E-state index contributed by atoms with van der Waals surface area (Å²) in [6.07, 6.45) is 16.1. The van der Waals surface area contributed by atoms with Crippen molar-refractivity contribution in [3.63, 3.8) is 0 Å². The van der Waals surface area contributed by atoms with E-state index in [1.54, 1.807) is 5.57 Å². The highest BCUT2D eigenvalue weighted by Crippen LogP contribution is 2.37. The molecular formula is C22H33N. The fraction of sp³-hybridized carbons (Fsp3) is 0.545. The first-order valence-electron chi connectivity index (χ1n) is 9.05. The molecule has 0 aromatic carbocycles. The average Bonchev–Trinajstić information content (AvgIpc) is 2.52. The zero-order chi connectivity index (χ0) is 17.0. The monoisotopic (exact) mass is 311 g/mol. The van der Waals surface area contributed by atoms with E-state index in [2.05, 4.69) is 76.6 Å². The Labute approximate surface area is 143 Å². The van der Waals surface area contributed by atoms with Gasteiger partial charge in [0.1, 0.15) is 0 Å². The highest BCUT2D eigenvalue weighted by Gasteiger charge is 2.28. The third-order valence-electron chi connectivity index (χ3n) is 5.28. The second-order valence-electron chi connectivity index (χ2n) is 7.91. The zero-order valence-corrected chi connectivity index (χ0v) is 15.7. The minimum atomic E-state index is 0.268. The largest absolute Gasteiger partial charge is 0.351 e. The van der Waals surface area contributed by atoms with E-state index in [-0.39, 0.29) is 5.41 Å². The summed E-state index contributed by atoms with van der Waals surface area (Å²) in [6.45, 7) is 16.9. The lowest BCUT2D eigenvalue weighted by molar-refractivity contribution is 0.252. The highest BCUT2D eigenvalue weighted by molar-refractivity contribution is 5.44. The van der Waals surface area contributed by atoms with Gasteiger partial charge in [-0.3, -0.25) is 0 Å². The molecule has 126 valence electrons. The first-order valence-corrected chi connectivity index (χ1v) is 9.05. The summed E-state index contributed by atoms with van der Waals surface area (Å²) in [5.41, 5.74) is 5.85. The molecule has 0 saturated carbocycles. The molecule has 0 fully saturated rings. The topological polar surface area (TPSA) is 3.24 Å². The summed E-state index contributed by atoms with van der Waals surface area (Å²) in [7, 11) is 0. The summed E-state index contributed by atoms with van der Waals surface area (Å²) in [4.78, 5) is 2.43. The summed E-state index contributed by atoms with van der Waals surface area (Å²) in [5.74, 6) is 0.517. The molecule has 1 heterocycles. The standard InChI is InChI=1S/C22H33N/c1-7-23-16-20(14-13-19-11-9-8-10-12-19)17(2)15-21(23)18(3)22(4,5)6/h8-9,11,15-16,18H,2,7,10,12-14H2,1,3-6H3. The van der Waals surface area contributed by atoms with E-state index in [4.69, 9.17) is 0 Å². The van der Waals surface area contributed by atoms with Gasteiger partial charge in [-0.15, -0.1) is 0 Å². The van der Waals surface area contributed by atoms with Crippen LogP contribution in [0.25, 0.3) is 0 Å². The SMILES string of the molecule is C=C1C=C(C(C)C(C)(C)C)N(CC)C=C1CCC1=CC=CCC1. The molecule has 1 aliphatic carbocycles. The van der Waals surface area contributed by atoms with Gasteiger partial charge in [0.2, 0.25) is 0 Å². The van der Waals surface area contributed by atoms with E-state index in [1.807, 2.05) is 0 Å². The molecule has 1 atom stereocenters. The minimum Gasteiger partial charge on any atom is -0.351 e. The van der Waals surface area contributed by atoms with Crippen LogP contribution in [-0.4, -0.2) is 11.4 Å². The van der Waals surface area contributed by atoms with E-state index in [0.717, 1.165) is 19.4 Å². The number of nitrogens with zero attached hydrogens (tertiary/aromatic N) is 1. The first kappa shape index (κ1) is 17.8. The van der Waals surface area contributed by atoms with Gasteiger partial charge in [-0.2, -0.15) is 0 Å². The Morgan fingerprint density at radius 1 is 1.26 bits per heavy atom. The lowest BCUT2D eigenvalue weighted by Gasteiger charge is -2.38. The van der Waals surface area contributed by atoms with Crippen molar-refractivity contribution in [2.24, 2.45) is 11.3 Å². The molecule has 0 saturated heterocycles. The fourth-order valence-electron chi connectivity index (χ4n) is 3.17. The van der Waals surface area contributed by atoms with Crippen molar-refractivity contribution in [1.82, 2.24) is 4.90 Å².